The lowest BCUT2D eigenvalue weighted by Crippen LogP contribution is -2.24. The van der Waals surface area contributed by atoms with Crippen molar-refractivity contribution in [3.63, 3.8) is 0 Å². The number of aryl methyl sites for hydroxylation is 2. The number of nitrogens with one attached hydrogen (secondary N) is 1. The SMILES string of the molecule is Cc1cc(C)cc(NC(N)=NCCCN(C)Cc2ccccc2)c1. The van der Waals surface area contributed by atoms with Crippen molar-refractivity contribution in [1.82, 2.24) is 4.90 Å². The Kier molecular flexibility index (Phi) is 6.82. The Morgan fingerprint density at radius 1 is 1.08 bits per heavy atom. The van der Waals surface area contributed by atoms with Gasteiger partial charge in [-0.3, -0.25) is 4.99 Å². The van der Waals surface area contributed by atoms with Crippen LogP contribution in [0.15, 0.2) is 53.5 Å². The standard InChI is InChI=1S/C20H28N4/c1-16-12-17(2)14-19(13-16)23-20(21)22-10-7-11-24(3)15-18-8-5-4-6-9-18/h4-6,8-9,12-14H,7,10-11,15H2,1-3H3,(H3,21,22,23). The molecule has 0 aromatic heterocycles. The molecule has 0 radical (unpaired) electrons. The van der Waals surface area contributed by atoms with E-state index in [1.165, 1.54) is 16.7 Å². The molecule has 0 heterocycles. The van der Waals surface area contributed by atoms with Gasteiger partial charge in [0.05, 0.1) is 0 Å². The van der Waals surface area contributed by atoms with E-state index in [9.17, 15) is 0 Å². The highest BCUT2D eigenvalue weighted by molar-refractivity contribution is 5.92. The Labute approximate surface area is 145 Å². The third-order valence-electron chi connectivity index (χ3n) is 3.77. The molecule has 0 saturated heterocycles. The second-order valence-corrected chi connectivity index (χ2v) is 6.35. The number of anilines is 1. The fraction of sp³-hybridized carbons (Fsp3) is 0.350. The molecule has 0 atom stereocenters. The molecule has 2 aromatic carbocycles. The lowest BCUT2D eigenvalue weighted by Gasteiger charge is -2.16. The maximum atomic E-state index is 5.97. The molecule has 0 spiro atoms. The summed E-state index contributed by atoms with van der Waals surface area (Å²) < 4.78 is 0. The summed E-state index contributed by atoms with van der Waals surface area (Å²) in [6.07, 6.45) is 0.985. The first-order valence-corrected chi connectivity index (χ1v) is 8.40. The van der Waals surface area contributed by atoms with Crippen LogP contribution in [-0.2, 0) is 6.54 Å². The molecule has 24 heavy (non-hydrogen) atoms. The predicted molar refractivity (Wildman–Crippen MR) is 103 cm³/mol. The summed E-state index contributed by atoms with van der Waals surface area (Å²) >= 11 is 0. The zero-order chi connectivity index (χ0) is 17.4. The van der Waals surface area contributed by atoms with Gasteiger partial charge in [0.15, 0.2) is 5.96 Å². The molecule has 4 heteroatoms. The van der Waals surface area contributed by atoms with Gasteiger partial charge in [0.2, 0.25) is 0 Å². The minimum atomic E-state index is 0.478. The van der Waals surface area contributed by atoms with Gasteiger partial charge in [-0.2, -0.15) is 0 Å². The Morgan fingerprint density at radius 2 is 1.75 bits per heavy atom. The minimum Gasteiger partial charge on any atom is -0.370 e. The zero-order valence-corrected chi connectivity index (χ0v) is 14.9. The Morgan fingerprint density at radius 3 is 2.42 bits per heavy atom. The van der Waals surface area contributed by atoms with E-state index in [1.54, 1.807) is 0 Å². The molecular weight excluding hydrogens is 296 g/mol. The summed E-state index contributed by atoms with van der Waals surface area (Å²) in [7, 11) is 2.13. The molecule has 4 nitrogen and oxygen atoms in total. The van der Waals surface area contributed by atoms with Crippen molar-refractivity contribution in [3.05, 3.63) is 65.2 Å². The lowest BCUT2D eigenvalue weighted by molar-refractivity contribution is 0.324. The summed E-state index contributed by atoms with van der Waals surface area (Å²) in [5.41, 5.74) is 10.7. The van der Waals surface area contributed by atoms with Crippen LogP contribution < -0.4 is 11.1 Å². The molecule has 0 amide bonds. The van der Waals surface area contributed by atoms with Crippen molar-refractivity contribution >= 4 is 11.6 Å². The van der Waals surface area contributed by atoms with E-state index in [1.807, 2.05) is 6.07 Å². The molecule has 0 fully saturated rings. The molecule has 0 aliphatic heterocycles. The fourth-order valence-electron chi connectivity index (χ4n) is 2.75. The first-order chi connectivity index (χ1) is 11.5. The fourth-order valence-corrected chi connectivity index (χ4v) is 2.75. The Hall–Kier alpha value is -2.33. The number of aliphatic imine (C=N–C) groups is 1. The van der Waals surface area contributed by atoms with Crippen molar-refractivity contribution in [3.8, 4) is 0 Å². The van der Waals surface area contributed by atoms with Gasteiger partial charge >= 0.3 is 0 Å². The molecule has 128 valence electrons. The first kappa shape index (κ1) is 18.0. The van der Waals surface area contributed by atoms with Gasteiger partial charge < -0.3 is 16.0 Å². The number of guanidine groups is 1. The summed E-state index contributed by atoms with van der Waals surface area (Å²) in [5.74, 6) is 0.478. The van der Waals surface area contributed by atoms with Gasteiger partial charge in [-0.25, -0.2) is 0 Å². The third-order valence-corrected chi connectivity index (χ3v) is 3.77. The van der Waals surface area contributed by atoms with Crippen molar-refractivity contribution in [2.75, 3.05) is 25.5 Å². The Bertz CT molecular complexity index is 644. The molecule has 0 aliphatic carbocycles. The van der Waals surface area contributed by atoms with Gasteiger partial charge in [0.1, 0.15) is 0 Å². The molecule has 0 unspecified atom stereocenters. The van der Waals surface area contributed by atoms with Crippen molar-refractivity contribution in [2.24, 2.45) is 10.7 Å². The molecule has 0 saturated carbocycles. The number of nitrogens with zero attached hydrogens (tertiary/aromatic N) is 2. The molecule has 3 N–H and O–H groups in total. The lowest BCUT2D eigenvalue weighted by atomic mass is 10.1. The number of hydrogen-bond acceptors (Lipinski definition) is 2. The van der Waals surface area contributed by atoms with Crippen LogP contribution >= 0.6 is 0 Å². The molecule has 2 aromatic rings. The third kappa shape index (κ3) is 6.42. The quantitative estimate of drug-likeness (QED) is 0.465. The maximum Gasteiger partial charge on any atom is 0.193 e. The van der Waals surface area contributed by atoms with Gasteiger partial charge in [0, 0.05) is 18.8 Å². The van der Waals surface area contributed by atoms with Crippen molar-refractivity contribution < 1.29 is 0 Å². The number of hydrogen-bond donors (Lipinski definition) is 2. The van der Waals surface area contributed by atoms with E-state index >= 15 is 0 Å². The zero-order valence-electron chi connectivity index (χ0n) is 14.9. The predicted octanol–water partition coefficient (Wildman–Crippen LogP) is 3.55. The van der Waals surface area contributed by atoms with Gasteiger partial charge in [-0.05, 0) is 62.7 Å². The van der Waals surface area contributed by atoms with Gasteiger partial charge in [-0.15, -0.1) is 0 Å². The van der Waals surface area contributed by atoms with Crippen molar-refractivity contribution in [1.29, 1.82) is 0 Å². The molecule has 0 bridgehead atoms. The van der Waals surface area contributed by atoms with Crippen LogP contribution in [0.3, 0.4) is 0 Å². The second-order valence-electron chi connectivity index (χ2n) is 6.35. The topological polar surface area (TPSA) is 53.6 Å². The summed E-state index contributed by atoms with van der Waals surface area (Å²) in [5, 5.41) is 3.17. The van der Waals surface area contributed by atoms with E-state index in [4.69, 9.17) is 5.73 Å². The highest BCUT2D eigenvalue weighted by Crippen LogP contribution is 2.13. The summed E-state index contributed by atoms with van der Waals surface area (Å²) in [6.45, 7) is 6.83. The van der Waals surface area contributed by atoms with E-state index in [0.29, 0.717) is 5.96 Å². The normalized spacial score (nSPS) is 11.8. The summed E-state index contributed by atoms with van der Waals surface area (Å²) in [6, 6.07) is 16.8. The summed E-state index contributed by atoms with van der Waals surface area (Å²) in [4.78, 5) is 6.72. The maximum absolute atomic E-state index is 5.97. The number of rotatable bonds is 7. The van der Waals surface area contributed by atoms with Crippen LogP contribution in [0.4, 0.5) is 5.69 Å². The van der Waals surface area contributed by atoms with Crippen LogP contribution in [0, 0.1) is 13.8 Å². The van der Waals surface area contributed by atoms with Gasteiger partial charge in [0.25, 0.3) is 0 Å². The largest absolute Gasteiger partial charge is 0.370 e. The van der Waals surface area contributed by atoms with Crippen LogP contribution in [-0.4, -0.2) is 31.0 Å². The highest BCUT2D eigenvalue weighted by Gasteiger charge is 2.00. The second kappa shape index (κ2) is 9.08. The first-order valence-electron chi connectivity index (χ1n) is 8.40. The van der Waals surface area contributed by atoms with Crippen LogP contribution in [0.1, 0.15) is 23.1 Å². The minimum absolute atomic E-state index is 0.478. The highest BCUT2D eigenvalue weighted by atomic mass is 15.1. The van der Waals surface area contributed by atoms with E-state index < -0.39 is 0 Å². The van der Waals surface area contributed by atoms with Gasteiger partial charge in [-0.1, -0.05) is 36.4 Å². The molecular formula is C20H28N4. The van der Waals surface area contributed by atoms with Crippen molar-refractivity contribution in [2.45, 2.75) is 26.8 Å². The van der Waals surface area contributed by atoms with Crippen LogP contribution in [0.5, 0.6) is 0 Å². The smallest absolute Gasteiger partial charge is 0.193 e. The number of nitrogens with two attached hydrogens (primary N) is 1. The van der Waals surface area contributed by atoms with E-state index in [0.717, 1.165) is 31.7 Å². The van der Waals surface area contributed by atoms with E-state index in [2.05, 4.69) is 78.6 Å². The number of benzene rings is 2. The molecule has 0 aliphatic rings. The van der Waals surface area contributed by atoms with E-state index in [-0.39, 0.29) is 0 Å². The van der Waals surface area contributed by atoms with Crippen LogP contribution in [0.25, 0.3) is 0 Å². The average Bonchev–Trinajstić information content (AvgIpc) is 2.51. The average molecular weight is 324 g/mol. The Balaban J connectivity index is 1.72. The monoisotopic (exact) mass is 324 g/mol. The molecule has 2 rings (SSSR count). The van der Waals surface area contributed by atoms with Crippen LogP contribution in [0.2, 0.25) is 0 Å².